The Morgan fingerprint density at radius 3 is 2.58 bits per heavy atom. The van der Waals surface area contributed by atoms with E-state index in [1.807, 2.05) is 6.07 Å². The highest BCUT2D eigenvalue weighted by molar-refractivity contribution is 8.03. The van der Waals surface area contributed by atoms with Crippen LogP contribution in [0.15, 0.2) is 40.2 Å². The molecule has 2 N–H and O–H groups in total. The standard InChI is InChI=1S/C16H10Cl2N4OS/c17-8-1-2-9(12(18)5-8)14-10(6-19)15(21)22-13(23)3-4-24-16(22)11(14)7-20/h1-2,5,14H,3-4,21H2. The zero-order valence-electron chi connectivity index (χ0n) is 12.2. The fourth-order valence-corrected chi connectivity index (χ4v) is 4.42. The van der Waals surface area contributed by atoms with Gasteiger partial charge in [-0.2, -0.15) is 10.5 Å². The SMILES string of the molecule is N#CC1=C(N)N2C(=O)CCSC2=C(C#N)C1c1ccc(Cl)cc1Cl. The van der Waals surface area contributed by atoms with E-state index in [1.165, 1.54) is 16.7 Å². The number of allylic oxidation sites excluding steroid dienone is 2. The third-order valence-electron chi connectivity index (χ3n) is 3.85. The monoisotopic (exact) mass is 376 g/mol. The molecule has 0 radical (unpaired) electrons. The largest absolute Gasteiger partial charge is 0.384 e. The summed E-state index contributed by atoms with van der Waals surface area (Å²) in [4.78, 5) is 13.5. The van der Waals surface area contributed by atoms with Crippen molar-refractivity contribution in [1.29, 1.82) is 10.5 Å². The van der Waals surface area contributed by atoms with E-state index in [1.54, 1.807) is 18.2 Å². The molecule has 1 atom stereocenters. The molecule has 0 aromatic heterocycles. The minimum atomic E-state index is -0.714. The predicted octanol–water partition coefficient (Wildman–Crippen LogP) is 3.49. The third-order valence-corrected chi connectivity index (χ3v) is 5.49. The van der Waals surface area contributed by atoms with E-state index in [-0.39, 0.29) is 17.3 Å². The van der Waals surface area contributed by atoms with Crippen molar-refractivity contribution < 1.29 is 4.79 Å². The minimum absolute atomic E-state index is 0.0553. The van der Waals surface area contributed by atoms with Gasteiger partial charge in [0.1, 0.15) is 5.82 Å². The van der Waals surface area contributed by atoms with Crippen LogP contribution in [0.2, 0.25) is 10.0 Å². The van der Waals surface area contributed by atoms with E-state index in [2.05, 4.69) is 6.07 Å². The molecule has 1 fully saturated rings. The van der Waals surface area contributed by atoms with Crippen molar-refractivity contribution in [3.8, 4) is 12.1 Å². The minimum Gasteiger partial charge on any atom is -0.384 e. The van der Waals surface area contributed by atoms with Gasteiger partial charge < -0.3 is 5.73 Å². The lowest BCUT2D eigenvalue weighted by atomic mass is 9.83. The van der Waals surface area contributed by atoms with Crippen LogP contribution in [0.3, 0.4) is 0 Å². The first kappa shape index (κ1) is 16.7. The Morgan fingerprint density at radius 2 is 1.96 bits per heavy atom. The van der Waals surface area contributed by atoms with E-state index < -0.39 is 5.92 Å². The Labute approximate surface area is 152 Å². The van der Waals surface area contributed by atoms with Crippen LogP contribution in [0.4, 0.5) is 0 Å². The van der Waals surface area contributed by atoms with Crippen molar-refractivity contribution in [1.82, 2.24) is 4.90 Å². The van der Waals surface area contributed by atoms with Crippen LogP contribution < -0.4 is 5.73 Å². The van der Waals surface area contributed by atoms with Gasteiger partial charge in [-0.3, -0.25) is 9.69 Å². The number of benzene rings is 1. The molecule has 24 heavy (non-hydrogen) atoms. The third kappa shape index (κ3) is 2.53. The molecule has 2 aliphatic heterocycles. The van der Waals surface area contributed by atoms with Crippen LogP contribution in [0.1, 0.15) is 17.9 Å². The summed E-state index contributed by atoms with van der Waals surface area (Å²) < 4.78 is 0. The maximum absolute atomic E-state index is 12.2. The second-order valence-electron chi connectivity index (χ2n) is 5.17. The van der Waals surface area contributed by atoms with Crippen LogP contribution in [0.5, 0.6) is 0 Å². The Morgan fingerprint density at radius 1 is 1.25 bits per heavy atom. The molecule has 1 unspecified atom stereocenters. The van der Waals surface area contributed by atoms with Crippen molar-refractivity contribution in [2.45, 2.75) is 12.3 Å². The van der Waals surface area contributed by atoms with Crippen LogP contribution >= 0.6 is 35.0 Å². The number of hydrogen-bond donors (Lipinski definition) is 1. The van der Waals surface area contributed by atoms with Crippen molar-refractivity contribution in [3.05, 3.63) is 55.8 Å². The highest BCUT2D eigenvalue weighted by Crippen LogP contribution is 2.47. The number of nitrogens with zero attached hydrogens (tertiary/aromatic N) is 3. The Balaban J connectivity index is 2.27. The number of nitriles is 2. The summed E-state index contributed by atoms with van der Waals surface area (Å²) >= 11 is 13.6. The fraction of sp³-hybridized carbons (Fsp3) is 0.188. The van der Waals surface area contributed by atoms with Crippen molar-refractivity contribution >= 4 is 40.9 Å². The van der Waals surface area contributed by atoms with Gasteiger partial charge >= 0.3 is 0 Å². The molecule has 2 heterocycles. The van der Waals surface area contributed by atoms with E-state index in [0.717, 1.165) is 0 Å². The zero-order valence-corrected chi connectivity index (χ0v) is 14.5. The normalized spacial score (nSPS) is 20.6. The van der Waals surface area contributed by atoms with Crippen LogP contribution in [0.25, 0.3) is 0 Å². The highest BCUT2D eigenvalue weighted by Gasteiger charge is 2.40. The van der Waals surface area contributed by atoms with Gasteiger partial charge in [0, 0.05) is 22.2 Å². The number of carbonyl (C=O) groups excluding carboxylic acids is 1. The van der Waals surface area contributed by atoms with E-state index >= 15 is 0 Å². The highest BCUT2D eigenvalue weighted by atomic mass is 35.5. The summed E-state index contributed by atoms with van der Waals surface area (Å²) in [5.74, 6) is -0.317. The fourth-order valence-electron chi connectivity index (χ4n) is 2.78. The lowest BCUT2D eigenvalue weighted by Gasteiger charge is -2.36. The van der Waals surface area contributed by atoms with Crippen molar-refractivity contribution in [2.75, 3.05) is 5.75 Å². The molecule has 120 valence electrons. The quantitative estimate of drug-likeness (QED) is 0.809. The Kier molecular flexibility index (Phi) is 4.47. The van der Waals surface area contributed by atoms with Crippen LogP contribution in [-0.4, -0.2) is 16.6 Å². The summed E-state index contributed by atoms with van der Waals surface area (Å²) in [5.41, 5.74) is 7.08. The van der Waals surface area contributed by atoms with E-state index in [0.29, 0.717) is 38.4 Å². The molecule has 0 aliphatic carbocycles. The average Bonchev–Trinajstić information content (AvgIpc) is 2.55. The molecule has 1 aromatic rings. The summed E-state index contributed by atoms with van der Waals surface area (Å²) in [6, 6.07) is 9.03. The van der Waals surface area contributed by atoms with Gasteiger partial charge in [0.25, 0.3) is 0 Å². The number of amides is 1. The number of rotatable bonds is 1. The van der Waals surface area contributed by atoms with Crippen LogP contribution in [0, 0.1) is 22.7 Å². The summed E-state index contributed by atoms with van der Waals surface area (Å²) in [6.07, 6.45) is 0.304. The molecule has 0 bridgehead atoms. The van der Waals surface area contributed by atoms with Gasteiger partial charge in [-0.05, 0) is 17.7 Å². The lowest BCUT2D eigenvalue weighted by molar-refractivity contribution is -0.127. The van der Waals surface area contributed by atoms with Gasteiger partial charge in [-0.25, -0.2) is 0 Å². The number of hydrogen-bond acceptors (Lipinski definition) is 5. The first-order valence-corrected chi connectivity index (χ1v) is 8.68. The summed E-state index contributed by atoms with van der Waals surface area (Å²) in [5, 5.41) is 20.5. The molecule has 2 aliphatic rings. The topological polar surface area (TPSA) is 93.9 Å². The van der Waals surface area contributed by atoms with Crippen molar-refractivity contribution in [3.63, 3.8) is 0 Å². The number of nitrogens with two attached hydrogens (primary N) is 1. The number of fused-ring (bicyclic) bond motifs is 1. The van der Waals surface area contributed by atoms with Gasteiger partial charge in [-0.1, -0.05) is 29.3 Å². The Bertz CT molecular complexity index is 894. The zero-order chi connectivity index (χ0) is 17.4. The van der Waals surface area contributed by atoms with Gasteiger partial charge in [-0.15, -0.1) is 11.8 Å². The lowest BCUT2D eigenvalue weighted by Crippen LogP contribution is -2.40. The molecule has 1 aromatic carbocycles. The molecule has 0 saturated carbocycles. The van der Waals surface area contributed by atoms with E-state index in [9.17, 15) is 15.3 Å². The Hall–Kier alpha value is -2.12. The molecule has 1 amide bonds. The van der Waals surface area contributed by atoms with Crippen molar-refractivity contribution in [2.24, 2.45) is 5.73 Å². The van der Waals surface area contributed by atoms with Gasteiger partial charge in [0.15, 0.2) is 0 Å². The molecular weight excluding hydrogens is 367 g/mol. The smallest absolute Gasteiger partial charge is 0.233 e. The predicted molar refractivity (Wildman–Crippen MR) is 92.6 cm³/mol. The maximum Gasteiger partial charge on any atom is 0.233 e. The summed E-state index contributed by atoms with van der Waals surface area (Å²) in [7, 11) is 0. The average molecular weight is 377 g/mol. The molecule has 1 saturated heterocycles. The second-order valence-corrected chi connectivity index (χ2v) is 7.10. The summed E-state index contributed by atoms with van der Waals surface area (Å²) in [6.45, 7) is 0. The maximum atomic E-state index is 12.2. The number of halogens is 2. The first-order valence-electron chi connectivity index (χ1n) is 6.94. The van der Waals surface area contributed by atoms with E-state index in [4.69, 9.17) is 28.9 Å². The van der Waals surface area contributed by atoms with Crippen LogP contribution in [-0.2, 0) is 4.79 Å². The molecular formula is C16H10Cl2N4OS. The molecule has 3 rings (SSSR count). The number of thioether (sulfide) groups is 1. The second kappa shape index (κ2) is 6.41. The van der Waals surface area contributed by atoms with Gasteiger partial charge in [0.05, 0.1) is 34.2 Å². The molecule has 8 heteroatoms. The molecule has 5 nitrogen and oxygen atoms in total. The van der Waals surface area contributed by atoms with Gasteiger partial charge in [0.2, 0.25) is 5.91 Å². The molecule has 0 spiro atoms. The first-order chi connectivity index (χ1) is 11.5. The number of carbonyl (C=O) groups is 1.